The fourth-order valence-corrected chi connectivity index (χ4v) is 1.91. The number of aromatic nitrogens is 3. The number of hydrogen-bond acceptors (Lipinski definition) is 1. The molecule has 0 atom stereocenters. The lowest BCUT2D eigenvalue weighted by Gasteiger charge is -2.17. The summed E-state index contributed by atoms with van der Waals surface area (Å²) in [6, 6.07) is 4.14. The summed E-state index contributed by atoms with van der Waals surface area (Å²) >= 11 is 0. The first kappa shape index (κ1) is 20.5. The Labute approximate surface area is 137 Å². The van der Waals surface area contributed by atoms with Crippen molar-refractivity contribution in [2.75, 3.05) is 0 Å². The second-order valence-corrected chi connectivity index (χ2v) is 8.03. The van der Waals surface area contributed by atoms with Crippen LogP contribution in [0.4, 0.5) is 0 Å². The Morgan fingerprint density at radius 1 is 0.818 bits per heavy atom. The summed E-state index contributed by atoms with van der Waals surface area (Å²) < 4.78 is 4.32. The standard InChI is InChI=1S/C10H17N.C8H14N2.CH4/c1-10(2,3)6-9-11-7-4-5-8-11;1-8(2,3)6-10-5-4-9-7-10;/h4-5,7-8H,6,9H2,1-3H3;4-5,7H,6H2,1-3H3;1H4. The Kier molecular flexibility index (Phi) is 8.21. The molecule has 0 N–H and O–H groups in total. The largest absolute Gasteiger partial charge is 0.354 e. The van der Waals surface area contributed by atoms with Gasteiger partial charge in [-0.15, -0.1) is 0 Å². The molecular formula is C19H35N3. The average Bonchev–Trinajstić information content (AvgIpc) is 2.96. The van der Waals surface area contributed by atoms with E-state index in [1.165, 1.54) is 6.42 Å². The van der Waals surface area contributed by atoms with Crippen LogP contribution in [0.2, 0.25) is 0 Å². The Hall–Kier alpha value is -1.51. The van der Waals surface area contributed by atoms with E-state index in [0.717, 1.165) is 13.1 Å². The number of nitrogens with zero attached hydrogens (tertiary/aromatic N) is 3. The van der Waals surface area contributed by atoms with Gasteiger partial charge in [-0.2, -0.15) is 0 Å². The molecule has 2 aromatic heterocycles. The first-order chi connectivity index (χ1) is 9.66. The molecule has 2 aromatic rings. The van der Waals surface area contributed by atoms with E-state index in [1.807, 2.05) is 18.7 Å². The van der Waals surface area contributed by atoms with E-state index in [2.05, 4.69) is 80.2 Å². The highest BCUT2D eigenvalue weighted by molar-refractivity contribution is 4.90. The number of aryl methyl sites for hydroxylation is 1. The lowest BCUT2D eigenvalue weighted by atomic mass is 9.92. The second-order valence-electron chi connectivity index (χ2n) is 8.03. The minimum absolute atomic E-state index is 0. The molecule has 0 aliphatic heterocycles. The van der Waals surface area contributed by atoms with Gasteiger partial charge in [-0.05, 0) is 29.4 Å². The summed E-state index contributed by atoms with van der Waals surface area (Å²) in [7, 11) is 0. The highest BCUT2D eigenvalue weighted by Crippen LogP contribution is 2.19. The Balaban J connectivity index is 0.000000385. The SMILES string of the molecule is C.CC(C)(C)CCn1cccc1.CC(C)(C)Cn1ccnc1. The van der Waals surface area contributed by atoms with E-state index < -0.39 is 0 Å². The molecule has 3 nitrogen and oxygen atoms in total. The fourth-order valence-electron chi connectivity index (χ4n) is 1.91. The maximum atomic E-state index is 3.97. The summed E-state index contributed by atoms with van der Waals surface area (Å²) in [5.41, 5.74) is 0.797. The van der Waals surface area contributed by atoms with Crippen molar-refractivity contribution in [2.24, 2.45) is 10.8 Å². The van der Waals surface area contributed by atoms with Gasteiger partial charge in [0.1, 0.15) is 0 Å². The second kappa shape index (κ2) is 8.82. The topological polar surface area (TPSA) is 22.8 Å². The molecule has 0 unspecified atom stereocenters. The Bertz CT molecular complexity index is 468. The highest BCUT2D eigenvalue weighted by atomic mass is 15.0. The molecule has 2 heterocycles. The average molecular weight is 306 g/mol. The first-order valence-electron chi connectivity index (χ1n) is 7.72. The molecule has 22 heavy (non-hydrogen) atoms. The molecule has 0 bridgehead atoms. The van der Waals surface area contributed by atoms with Crippen LogP contribution in [-0.4, -0.2) is 14.1 Å². The molecule has 0 spiro atoms. The quantitative estimate of drug-likeness (QED) is 0.735. The molecule has 3 heteroatoms. The smallest absolute Gasteiger partial charge is 0.0946 e. The highest BCUT2D eigenvalue weighted by Gasteiger charge is 2.09. The van der Waals surface area contributed by atoms with Gasteiger partial charge in [0.2, 0.25) is 0 Å². The zero-order chi connectivity index (χ0) is 15.9. The van der Waals surface area contributed by atoms with Crippen LogP contribution in [0, 0.1) is 10.8 Å². The summed E-state index contributed by atoms with van der Waals surface area (Å²) in [5, 5.41) is 0. The van der Waals surface area contributed by atoms with Crippen LogP contribution in [0.3, 0.4) is 0 Å². The zero-order valence-corrected chi connectivity index (χ0v) is 14.5. The van der Waals surface area contributed by atoms with E-state index >= 15 is 0 Å². The predicted octanol–water partition coefficient (Wildman–Crippen LogP) is 5.49. The summed E-state index contributed by atoms with van der Waals surface area (Å²) in [6.45, 7) is 15.6. The van der Waals surface area contributed by atoms with Gasteiger partial charge in [-0.25, -0.2) is 4.98 Å². The van der Waals surface area contributed by atoms with Gasteiger partial charge in [-0.3, -0.25) is 0 Å². The number of imidazole rings is 1. The van der Waals surface area contributed by atoms with Crippen molar-refractivity contribution in [1.82, 2.24) is 14.1 Å². The molecule has 0 aliphatic rings. The molecule has 0 aliphatic carbocycles. The molecule has 0 fully saturated rings. The van der Waals surface area contributed by atoms with Gasteiger partial charge in [-0.1, -0.05) is 49.0 Å². The monoisotopic (exact) mass is 305 g/mol. The van der Waals surface area contributed by atoms with Crippen molar-refractivity contribution >= 4 is 0 Å². The van der Waals surface area contributed by atoms with Gasteiger partial charge in [0, 0.05) is 37.9 Å². The van der Waals surface area contributed by atoms with E-state index in [9.17, 15) is 0 Å². The van der Waals surface area contributed by atoms with Gasteiger partial charge in [0.15, 0.2) is 0 Å². The normalized spacial score (nSPS) is 11.4. The first-order valence-corrected chi connectivity index (χ1v) is 7.72. The fraction of sp³-hybridized carbons (Fsp3) is 0.632. The van der Waals surface area contributed by atoms with Crippen LogP contribution in [-0.2, 0) is 13.1 Å². The van der Waals surface area contributed by atoms with E-state index in [4.69, 9.17) is 0 Å². The van der Waals surface area contributed by atoms with E-state index in [0.29, 0.717) is 10.8 Å². The van der Waals surface area contributed by atoms with Crippen LogP contribution in [0.5, 0.6) is 0 Å². The predicted molar refractivity (Wildman–Crippen MR) is 96.9 cm³/mol. The van der Waals surface area contributed by atoms with Gasteiger partial charge >= 0.3 is 0 Å². The van der Waals surface area contributed by atoms with Crippen molar-refractivity contribution in [2.45, 2.75) is 68.5 Å². The molecular weight excluding hydrogens is 270 g/mol. The zero-order valence-electron chi connectivity index (χ0n) is 14.5. The van der Waals surface area contributed by atoms with Crippen molar-refractivity contribution in [3.05, 3.63) is 43.2 Å². The minimum atomic E-state index is 0. The van der Waals surface area contributed by atoms with Gasteiger partial charge < -0.3 is 9.13 Å². The van der Waals surface area contributed by atoms with Crippen LogP contribution in [0.15, 0.2) is 43.2 Å². The third-order valence-corrected chi connectivity index (χ3v) is 3.00. The third-order valence-electron chi connectivity index (χ3n) is 3.00. The molecule has 2 rings (SSSR count). The van der Waals surface area contributed by atoms with Crippen molar-refractivity contribution in [3.63, 3.8) is 0 Å². The lowest BCUT2D eigenvalue weighted by Crippen LogP contribution is -2.13. The Morgan fingerprint density at radius 2 is 1.41 bits per heavy atom. The van der Waals surface area contributed by atoms with Crippen molar-refractivity contribution in [1.29, 1.82) is 0 Å². The maximum Gasteiger partial charge on any atom is 0.0946 e. The van der Waals surface area contributed by atoms with Crippen LogP contribution >= 0.6 is 0 Å². The van der Waals surface area contributed by atoms with Crippen LogP contribution < -0.4 is 0 Å². The van der Waals surface area contributed by atoms with Crippen LogP contribution in [0.1, 0.15) is 55.4 Å². The summed E-state index contributed by atoms with van der Waals surface area (Å²) in [5.74, 6) is 0. The van der Waals surface area contributed by atoms with E-state index in [-0.39, 0.29) is 7.43 Å². The van der Waals surface area contributed by atoms with E-state index in [1.54, 1.807) is 0 Å². The molecule has 0 saturated heterocycles. The lowest BCUT2D eigenvalue weighted by molar-refractivity contribution is 0.343. The van der Waals surface area contributed by atoms with Gasteiger partial charge in [0.05, 0.1) is 6.33 Å². The molecule has 0 amide bonds. The van der Waals surface area contributed by atoms with Crippen molar-refractivity contribution in [3.8, 4) is 0 Å². The summed E-state index contributed by atoms with van der Waals surface area (Å²) in [4.78, 5) is 3.97. The maximum absolute atomic E-state index is 3.97. The number of rotatable bonds is 3. The van der Waals surface area contributed by atoms with Crippen LogP contribution in [0.25, 0.3) is 0 Å². The van der Waals surface area contributed by atoms with Crippen molar-refractivity contribution < 1.29 is 0 Å². The minimum Gasteiger partial charge on any atom is -0.354 e. The number of hydrogen-bond donors (Lipinski definition) is 0. The van der Waals surface area contributed by atoms with Gasteiger partial charge in [0.25, 0.3) is 0 Å². The summed E-state index contributed by atoms with van der Waals surface area (Å²) in [6.07, 6.45) is 11.1. The Morgan fingerprint density at radius 3 is 1.82 bits per heavy atom. The molecule has 126 valence electrons. The molecule has 0 saturated carbocycles. The third kappa shape index (κ3) is 10.3. The molecule has 0 aromatic carbocycles. The molecule has 0 radical (unpaired) electrons.